The van der Waals surface area contributed by atoms with Gasteiger partial charge in [0.05, 0.1) is 5.69 Å². The van der Waals surface area contributed by atoms with Crippen LogP contribution in [-0.2, 0) is 0 Å². The number of nitrogens with one attached hydrogen (secondary N) is 1. The fourth-order valence-electron chi connectivity index (χ4n) is 5.14. The van der Waals surface area contributed by atoms with E-state index in [9.17, 15) is 22.4 Å². The van der Waals surface area contributed by atoms with Crippen molar-refractivity contribution in [3.05, 3.63) is 89.7 Å². The van der Waals surface area contributed by atoms with E-state index in [1.54, 1.807) is 0 Å². The maximum atomic E-state index is 15.1. The molecule has 5 rings (SSSR count). The zero-order chi connectivity index (χ0) is 33.0. The Morgan fingerprint density at radius 2 is 1.76 bits per heavy atom. The van der Waals surface area contributed by atoms with Crippen LogP contribution in [0.5, 0.6) is 5.75 Å². The SMILES string of the molecule is Cc1cccc(N2CCCSC2=NC(=O)NC(F)C(F)c2ccc(-c3ncn(-c4ccc(OC(F)(F)F)cc4)n3)cc2)c1C(C)C. The number of hydrogen-bond donors (Lipinski definition) is 1. The first kappa shape index (κ1) is 32.9. The minimum Gasteiger partial charge on any atom is -0.406 e. The van der Waals surface area contributed by atoms with Crippen LogP contribution in [0.15, 0.2) is 78.0 Å². The van der Waals surface area contributed by atoms with Crippen molar-refractivity contribution in [3.8, 4) is 22.8 Å². The van der Waals surface area contributed by atoms with Crippen LogP contribution >= 0.6 is 11.8 Å². The summed E-state index contributed by atoms with van der Waals surface area (Å²) in [6, 6.07) is 15.8. The third-order valence-electron chi connectivity index (χ3n) is 7.19. The molecule has 1 aromatic heterocycles. The smallest absolute Gasteiger partial charge is 0.406 e. The molecule has 1 aliphatic heterocycles. The molecule has 3 aromatic carbocycles. The molecule has 0 saturated carbocycles. The average molecular weight is 659 g/mol. The summed E-state index contributed by atoms with van der Waals surface area (Å²) in [4.78, 5) is 23.0. The number of alkyl halides is 5. The van der Waals surface area contributed by atoms with E-state index in [1.807, 2.05) is 35.3 Å². The maximum absolute atomic E-state index is 15.1. The van der Waals surface area contributed by atoms with Crippen LogP contribution in [-0.4, -0.2) is 50.9 Å². The van der Waals surface area contributed by atoms with E-state index < -0.39 is 24.9 Å². The summed E-state index contributed by atoms with van der Waals surface area (Å²) < 4.78 is 72.5. The Bertz CT molecular complexity index is 1690. The first-order chi connectivity index (χ1) is 21.9. The highest BCUT2D eigenvalue weighted by atomic mass is 32.2. The summed E-state index contributed by atoms with van der Waals surface area (Å²) in [6.45, 7) is 6.88. The number of amides is 2. The lowest BCUT2D eigenvalue weighted by Crippen LogP contribution is -2.38. The molecule has 46 heavy (non-hydrogen) atoms. The minimum absolute atomic E-state index is 0.0149. The number of hydrogen-bond acceptors (Lipinski definition) is 5. The van der Waals surface area contributed by atoms with Crippen molar-refractivity contribution in [1.29, 1.82) is 0 Å². The molecule has 2 unspecified atom stereocenters. The zero-order valence-electron chi connectivity index (χ0n) is 25.1. The number of nitrogens with zero attached hydrogens (tertiary/aromatic N) is 5. The average Bonchev–Trinajstić information content (AvgIpc) is 3.51. The Kier molecular flexibility index (Phi) is 9.94. The van der Waals surface area contributed by atoms with Gasteiger partial charge in [0, 0.05) is 23.5 Å². The lowest BCUT2D eigenvalue weighted by Gasteiger charge is -2.32. The first-order valence-corrected chi connectivity index (χ1v) is 15.4. The number of carbonyl (C=O) groups is 1. The molecular formula is C32H31F5N6O2S. The summed E-state index contributed by atoms with van der Waals surface area (Å²) >= 11 is 1.39. The number of amidine groups is 1. The molecule has 242 valence electrons. The molecule has 0 radical (unpaired) electrons. The molecule has 2 heterocycles. The number of aromatic nitrogens is 3. The molecule has 2 atom stereocenters. The van der Waals surface area contributed by atoms with E-state index in [2.05, 4.69) is 33.7 Å². The summed E-state index contributed by atoms with van der Waals surface area (Å²) in [5.41, 5.74) is 4.12. The van der Waals surface area contributed by atoms with Crippen LogP contribution in [0.1, 0.15) is 49.0 Å². The lowest BCUT2D eigenvalue weighted by atomic mass is 9.95. The van der Waals surface area contributed by atoms with Crippen molar-refractivity contribution < 1.29 is 31.5 Å². The number of benzene rings is 3. The van der Waals surface area contributed by atoms with Crippen LogP contribution in [0.4, 0.5) is 32.4 Å². The number of aryl methyl sites for hydroxylation is 1. The van der Waals surface area contributed by atoms with Crippen molar-refractivity contribution in [3.63, 3.8) is 0 Å². The van der Waals surface area contributed by atoms with E-state index in [-0.39, 0.29) is 23.1 Å². The second-order valence-electron chi connectivity index (χ2n) is 10.8. The predicted molar refractivity (Wildman–Crippen MR) is 168 cm³/mol. The maximum Gasteiger partial charge on any atom is 0.573 e. The van der Waals surface area contributed by atoms with Crippen LogP contribution in [0.25, 0.3) is 17.1 Å². The van der Waals surface area contributed by atoms with Crippen LogP contribution < -0.4 is 15.0 Å². The second-order valence-corrected chi connectivity index (χ2v) is 11.9. The molecule has 0 bridgehead atoms. The molecule has 0 aliphatic carbocycles. The lowest BCUT2D eigenvalue weighted by molar-refractivity contribution is -0.274. The molecule has 14 heteroatoms. The first-order valence-electron chi connectivity index (χ1n) is 14.4. The molecule has 2 amide bonds. The van der Waals surface area contributed by atoms with Gasteiger partial charge in [-0.3, -0.25) is 0 Å². The number of carbonyl (C=O) groups excluding carboxylic acids is 1. The predicted octanol–water partition coefficient (Wildman–Crippen LogP) is 8.28. The topological polar surface area (TPSA) is 84.6 Å². The Morgan fingerprint density at radius 1 is 1.04 bits per heavy atom. The second kappa shape index (κ2) is 13.9. The van der Waals surface area contributed by atoms with Gasteiger partial charge in [0.25, 0.3) is 0 Å². The van der Waals surface area contributed by atoms with E-state index >= 15 is 4.39 Å². The summed E-state index contributed by atoms with van der Waals surface area (Å²) in [5, 5.41) is 6.76. The molecule has 0 spiro atoms. The number of anilines is 1. The van der Waals surface area contributed by atoms with Crippen molar-refractivity contribution in [1.82, 2.24) is 20.1 Å². The van der Waals surface area contributed by atoms with Gasteiger partial charge in [0.1, 0.15) is 12.1 Å². The van der Waals surface area contributed by atoms with E-state index in [1.165, 1.54) is 59.2 Å². The zero-order valence-corrected chi connectivity index (χ0v) is 25.9. The van der Waals surface area contributed by atoms with Gasteiger partial charge in [0.15, 0.2) is 17.2 Å². The fourth-order valence-corrected chi connectivity index (χ4v) is 6.09. The normalized spacial score (nSPS) is 16.0. The van der Waals surface area contributed by atoms with Crippen LogP contribution in [0.3, 0.4) is 0 Å². The fraction of sp³-hybridized carbons (Fsp3) is 0.312. The standard InChI is InChI=1S/C32H31F5N6O2S/c1-19(2)26-20(3)6-4-7-25(26)42-16-5-17-46-31(42)40-30(44)39-28(34)27(33)21-8-10-22(11-9-21)29-38-18-43(41-29)23-12-14-24(15-13-23)45-32(35,36)37/h4,6-15,18-19,27-28H,5,16-17H2,1-3H3,(H,39,44). The molecule has 1 N–H and O–H groups in total. The van der Waals surface area contributed by atoms with E-state index in [0.717, 1.165) is 41.1 Å². The Hall–Kier alpha value is -4.46. The Labute approximate surface area is 266 Å². The van der Waals surface area contributed by atoms with Gasteiger partial charge in [-0.2, -0.15) is 4.99 Å². The van der Waals surface area contributed by atoms with Crippen LogP contribution in [0, 0.1) is 6.92 Å². The highest BCUT2D eigenvalue weighted by molar-refractivity contribution is 8.14. The highest BCUT2D eigenvalue weighted by Crippen LogP contribution is 2.34. The number of aliphatic imine (C=N–C) groups is 1. The van der Waals surface area contributed by atoms with Crippen molar-refractivity contribution in [2.75, 3.05) is 17.2 Å². The largest absolute Gasteiger partial charge is 0.573 e. The molecule has 1 saturated heterocycles. The van der Waals surface area contributed by atoms with Gasteiger partial charge in [0.2, 0.25) is 6.30 Å². The number of urea groups is 1. The molecule has 8 nitrogen and oxygen atoms in total. The van der Waals surface area contributed by atoms with Gasteiger partial charge < -0.3 is 15.0 Å². The van der Waals surface area contributed by atoms with Gasteiger partial charge in [-0.15, -0.1) is 18.3 Å². The van der Waals surface area contributed by atoms with E-state index in [0.29, 0.717) is 23.0 Å². The monoisotopic (exact) mass is 658 g/mol. The number of ether oxygens (including phenoxy) is 1. The van der Waals surface area contributed by atoms with Crippen molar-refractivity contribution in [2.45, 2.75) is 51.9 Å². The van der Waals surface area contributed by atoms with Crippen molar-refractivity contribution in [2.24, 2.45) is 4.99 Å². The number of halogens is 5. The van der Waals surface area contributed by atoms with Gasteiger partial charge in [-0.1, -0.05) is 62.0 Å². The minimum atomic E-state index is -4.80. The third-order valence-corrected chi connectivity index (χ3v) is 8.25. The quantitative estimate of drug-likeness (QED) is 0.152. The van der Waals surface area contributed by atoms with Gasteiger partial charge in [-0.25, -0.2) is 23.2 Å². The van der Waals surface area contributed by atoms with Gasteiger partial charge >= 0.3 is 12.4 Å². The summed E-state index contributed by atoms with van der Waals surface area (Å²) in [7, 11) is 0. The number of rotatable bonds is 8. The highest BCUT2D eigenvalue weighted by Gasteiger charge is 2.31. The molecular weight excluding hydrogens is 627 g/mol. The molecule has 4 aromatic rings. The van der Waals surface area contributed by atoms with Crippen molar-refractivity contribution >= 4 is 28.6 Å². The molecule has 1 aliphatic rings. The Balaban J connectivity index is 1.23. The van der Waals surface area contributed by atoms with Gasteiger partial charge in [-0.05, 0) is 66.3 Å². The van der Waals surface area contributed by atoms with E-state index in [4.69, 9.17) is 0 Å². The summed E-state index contributed by atoms with van der Waals surface area (Å²) in [5.74, 6) is 0.863. The third kappa shape index (κ3) is 7.84. The number of thioether (sulfide) groups is 1. The van der Waals surface area contributed by atoms with Crippen LogP contribution in [0.2, 0.25) is 0 Å². The molecule has 1 fully saturated rings. The summed E-state index contributed by atoms with van der Waals surface area (Å²) in [6.07, 6.45) is -7.07. The Morgan fingerprint density at radius 3 is 2.43 bits per heavy atom.